The molecular formula is C21H24N2O2. The van der Waals surface area contributed by atoms with Crippen LogP contribution in [-0.4, -0.2) is 22.4 Å². The second-order valence-corrected chi connectivity index (χ2v) is 6.28. The molecular weight excluding hydrogens is 312 g/mol. The number of carbonyl (C=O) groups is 1. The van der Waals surface area contributed by atoms with Crippen LogP contribution in [0.1, 0.15) is 42.9 Å². The maximum Gasteiger partial charge on any atom is 0.228 e. The Kier molecular flexibility index (Phi) is 5.17. The molecule has 0 atom stereocenters. The minimum atomic E-state index is -0.0401. The number of hydrogen-bond acceptors (Lipinski definition) is 3. The Labute approximate surface area is 148 Å². The van der Waals surface area contributed by atoms with Crippen molar-refractivity contribution in [3.63, 3.8) is 0 Å². The number of ether oxygens (including phenoxy) is 1. The minimum Gasteiger partial charge on any atom is -0.497 e. The van der Waals surface area contributed by atoms with Crippen LogP contribution in [0.4, 0.5) is 0 Å². The van der Waals surface area contributed by atoms with Crippen LogP contribution in [0.25, 0.3) is 11.0 Å². The third kappa shape index (κ3) is 3.43. The van der Waals surface area contributed by atoms with Crippen molar-refractivity contribution in [3.05, 3.63) is 59.9 Å². The predicted octanol–water partition coefficient (Wildman–Crippen LogP) is 4.71. The highest BCUT2D eigenvalue weighted by Crippen LogP contribution is 2.25. The number of carbonyl (C=O) groups excluding carboxylic acids is 1. The third-order valence-corrected chi connectivity index (χ3v) is 4.79. The fourth-order valence-corrected chi connectivity index (χ4v) is 3.11. The van der Waals surface area contributed by atoms with Gasteiger partial charge in [-0.1, -0.05) is 57.0 Å². The first-order valence-electron chi connectivity index (χ1n) is 8.81. The molecule has 0 saturated carbocycles. The molecule has 0 aliphatic carbocycles. The Bertz CT molecular complexity index is 864. The van der Waals surface area contributed by atoms with Crippen molar-refractivity contribution < 1.29 is 9.53 Å². The molecule has 1 heterocycles. The standard InChI is InChI=1S/C21H24N2O2/c1-4-15(5-2)14-23-19-13-17(25-3)11-12-18(19)22-21(23)20(24)16-9-7-6-8-10-16/h6-13,15H,4-5,14H2,1-3H3. The van der Waals surface area contributed by atoms with E-state index >= 15 is 0 Å². The summed E-state index contributed by atoms with van der Waals surface area (Å²) in [6, 6.07) is 15.1. The van der Waals surface area contributed by atoms with Crippen LogP contribution in [0.2, 0.25) is 0 Å². The molecule has 25 heavy (non-hydrogen) atoms. The summed E-state index contributed by atoms with van der Waals surface area (Å²) in [5, 5.41) is 0. The molecule has 0 spiro atoms. The first-order chi connectivity index (χ1) is 12.2. The summed E-state index contributed by atoms with van der Waals surface area (Å²) < 4.78 is 7.42. The number of ketones is 1. The Hall–Kier alpha value is -2.62. The van der Waals surface area contributed by atoms with Crippen LogP contribution in [-0.2, 0) is 6.54 Å². The minimum absolute atomic E-state index is 0.0401. The van der Waals surface area contributed by atoms with E-state index in [1.165, 1.54) is 0 Å². The zero-order chi connectivity index (χ0) is 17.8. The number of hydrogen-bond donors (Lipinski definition) is 0. The SMILES string of the molecule is CCC(CC)Cn1c(C(=O)c2ccccc2)nc2ccc(OC)cc21. The van der Waals surface area contributed by atoms with Crippen molar-refractivity contribution in [2.75, 3.05) is 7.11 Å². The van der Waals surface area contributed by atoms with E-state index < -0.39 is 0 Å². The van der Waals surface area contributed by atoms with Crippen LogP contribution in [0, 0.1) is 5.92 Å². The average molecular weight is 336 g/mol. The van der Waals surface area contributed by atoms with E-state index in [4.69, 9.17) is 4.74 Å². The Balaban J connectivity index is 2.14. The van der Waals surface area contributed by atoms with Gasteiger partial charge < -0.3 is 9.30 Å². The zero-order valence-corrected chi connectivity index (χ0v) is 15.0. The van der Waals surface area contributed by atoms with Crippen LogP contribution in [0.3, 0.4) is 0 Å². The van der Waals surface area contributed by atoms with E-state index in [2.05, 4.69) is 23.4 Å². The molecule has 0 fully saturated rings. The number of rotatable bonds is 7. The Morgan fingerprint density at radius 1 is 1.12 bits per heavy atom. The molecule has 0 unspecified atom stereocenters. The Morgan fingerprint density at radius 3 is 2.48 bits per heavy atom. The molecule has 4 heteroatoms. The van der Waals surface area contributed by atoms with E-state index in [1.54, 1.807) is 7.11 Å². The van der Waals surface area contributed by atoms with Gasteiger partial charge in [0.25, 0.3) is 0 Å². The van der Waals surface area contributed by atoms with Gasteiger partial charge in [-0.05, 0) is 18.1 Å². The Morgan fingerprint density at radius 2 is 1.84 bits per heavy atom. The largest absolute Gasteiger partial charge is 0.497 e. The highest BCUT2D eigenvalue weighted by molar-refractivity contribution is 6.08. The van der Waals surface area contributed by atoms with Crippen LogP contribution >= 0.6 is 0 Å². The molecule has 1 aromatic heterocycles. The summed E-state index contributed by atoms with van der Waals surface area (Å²) in [7, 11) is 1.65. The summed E-state index contributed by atoms with van der Waals surface area (Å²) in [6.45, 7) is 5.16. The van der Waals surface area contributed by atoms with Crippen LogP contribution in [0.15, 0.2) is 48.5 Å². The van der Waals surface area contributed by atoms with E-state index in [9.17, 15) is 4.79 Å². The van der Waals surface area contributed by atoms with Crippen LogP contribution in [0.5, 0.6) is 5.75 Å². The van der Waals surface area contributed by atoms with Crippen molar-refractivity contribution >= 4 is 16.8 Å². The van der Waals surface area contributed by atoms with Gasteiger partial charge in [-0.15, -0.1) is 0 Å². The molecule has 130 valence electrons. The van der Waals surface area contributed by atoms with Crippen molar-refractivity contribution in [2.45, 2.75) is 33.2 Å². The van der Waals surface area contributed by atoms with Gasteiger partial charge in [0.1, 0.15) is 5.75 Å². The quantitative estimate of drug-likeness (QED) is 0.587. The fraction of sp³-hybridized carbons (Fsp3) is 0.333. The second kappa shape index (κ2) is 7.51. The normalized spacial score (nSPS) is 11.2. The molecule has 0 aliphatic rings. The summed E-state index contributed by atoms with van der Waals surface area (Å²) >= 11 is 0. The summed E-state index contributed by atoms with van der Waals surface area (Å²) in [5.74, 6) is 1.74. The van der Waals surface area contributed by atoms with Gasteiger partial charge in [-0.25, -0.2) is 4.98 Å². The molecule has 0 radical (unpaired) electrons. The molecule has 0 bridgehead atoms. The monoisotopic (exact) mass is 336 g/mol. The van der Waals surface area contributed by atoms with Gasteiger partial charge >= 0.3 is 0 Å². The lowest BCUT2D eigenvalue weighted by Crippen LogP contribution is -2.16. The molecule has 3 rings (SSSR count). The highest BCUT2D eigenvalue weighted by atomic mass is 16.5. The number of imidazole rings is 1. The van der Waals surface area contributed by atoms with E-state index in [0.717, 1.165) is 36.2 Å². The smallest absolute Gasteiger partial charge is 0.228 e. The molecule has 4 nitrogen and oxygen atoms in total. The van der Waals surface area contributed by atoms with Gasteiger partial charge in [0, 0.05) is 18.2 Å². The van der Waals surface area contributed by atoms with Gasteiger partial charge in [-0.2, -0.15) is 0 Å². The molecule has 0 aliphatic heterocycles. The number of benzene rings is 2. The molecule has 0 saturated heterocycles. The van der Waals surface area contributed by atoms with Gasteiger partial charge in [-0.3, -0.25) is 4.79 Å². The summed E-state index contributed by atoms with van der Waals surface area (Å²) in [5.41, 5.74) is 2.44. The molecule has 2 aromatic carbocycles. The number of fused-ring (bicyclic) bond motifs is 1. The zero-order valence-electron chi connectivity index (χ0n) is 15.0. The fourth-order valence-electron chi connectivity index (χ4n) is 3.11. The van der Waals surface area contributed by atoms with Crippen molar-refractivity contribution in [2.24, 2.45) is 5.92 Å². The first kappa shape index (κ1) is 17.2. The average Bonchev–Trinajstić information content (AvgIpc) is 3.03. The van der Waals surface area contributed by atoms with E-state index in [0.29, 0.717) is 17.3 Å². The van der Waals surface area contributed by atoms with Crippen LogP contribution < -0.4 is 4.74 Å². The lowest BCUT2D eigenvalue weighted by Gasteiger charge is -2.16. The predicted molar refractivity (Wildman–Crippen MR) is 100 cm³/mol. The van der Waals surface area contributed by atoms with Crippen molar-refractivity contribution in [3.8, 4) is 5.75 Å². The van der Waals surface area contributed by atoms with Gasteiger partial charge in [0.2, 0.25) is 5.78 Å². The van der Waals surface area contributed by atoms with E-state index in [1.807, 2.05) is 48.5 Å². The number of aromatic nitrogens is 2. The molecule has 0 N–H and O–H groups in total. The topological polar surface area (TPSA) is 44.1 Å². The van der Waals surface area contributed by atoms with Gasteiger partial charge in [0.05, 0.1) is 18.1 Å². The number of nitrogens with zero attached hydrogens (tertiary/aromatic N) is 2. The van der Waals surface area contributed by atoms with Crippen molar-refractivity contribution in [1.29, 1.82) is 0 Å². The maximum atomic E-state index is 13.0. The number of methoxy groups -OCH3 is 1. The summed E-state index contributed by atoms with van der Waals surface area (Å²) in [4.78, 5) is 17.7. The third-order valence-electron chi connectivity index (χ3n) is 4.79. The maximum absolute atomic E-state index is 13.0. The highest BCUT2D eigenvalue weighted by Gasteiger charge is 2.21. The molecule has 3 aromatic rings. The second-order valence-electron chi connectivity index (χ2n) is 6.28. The lowest BCUT2D eigenvalue weighted by atomic mass is 10.0. The first-order valence-corrected chi connectivity index (χ1v) is 8.81. The van der Waals surface area contributed by atoms with E-state index in [-0.39, 0.29) is 5.78 Å². The summed E-state index contributed by atoms with van der Waals surface area (Å²) in [6.07, 6.45) is 2.14. The van der Waals surface area contributed by atoms with Crippen molar-refractivity contribution in [1.82, 2.24) is 9.55 Å². The van der Waals surface area contributed by atoms with Gasteiger partial charge in [0.15, 0.2) is 5.82 Å². The molecule has 0 amide bonds. The lowest BCUT2D eigenvalue weighted by molar-refractivity contribution is 0.102.